The van der Waals surface area contributed by atoms with E-state index in [0.29, 0.717) is 12.0 Å². The van der Waals surface area contributed by atoms with Crippen molar-refractivity contribution in [3.63, 3.8) is 0 Å². The van der Waals surface area contributed by atoms with E-state index in [1.807, 2.05) is 13.2 Å². The highest BCUT2D eigenvalue weighted by Crippen LogP contribution is 2.42. The van der Waals surface area contributed by atoms with E-state index in [2.05, 4.69) is 4.90 Å². The minimum Gasteiger partial charge on any atom is -0.507 e. The van der Waals surface area contributed by atoms with Gasteiger partial charge in [-0.25, -0.2) is 0 Å². The predicted molar refractivity (Wildman–Crippen MR) is 101 cm³/mol. The van der Waals surface area contributed by atoms with Gasteiger partial charge in [-0.2, -0.15) is 13.2 Å². The van der Waals surface area contributed by atoms with E-state index in [-0.39, 0.29) is 22.7 Å². The number of hydrogen-bond acceptors (Lipinski definition) is 3. The molecule has 0 spiro atoms. The summed E-state index contributed by atoms with van der Waals surface area (Å²) in [5.74, 6) is -0.143. The van der Waals surface area contributed by atoms with E-state index >= 15 is 0 Å². The van der Waals surface area contributed by atoms with Crippen molar-refractivity contribution in [3.8, 4) is 16.9 Å². The zero-order valence-electron chi connectivity index (χ0n) is 15.7. The molecule has 1 aliphatic carbocycles. The van der Waals surface area contributed by atoms with Gasteiger partial charge in [-0.05, 0) is 75.0 Å². The van der Waals surface area contributed by atoms with Crippen LogP contribution in [-0.4, -0.2) is 34.7 Å². The maximum absolute atomic E-state index is 13.2. The van der Waals surface area contributed by atoms with Crippen LogP contribution in [0, 0.1) is 0 Å². The van der Waals surface area contributed by atoms with Gasteiger partial charge in [0.1, 0.15) is 5.75 Å². The van der Waals surface area contributed by atoms with Crippen molar-refractivity contribution in [2.45, 2.75) is 43.8 Å². The molecule has 1 aliphatic heterocycles. The van der Waals surface area contributed by atoms with Gasteiger partial charge in [0, 0.05) is 24.3 Å². The Bertz CT molecular complexity index is 948. The second kappa shape index (κ2) is 6.95. The van der Waals surface area contributed by atoms with Crippen molar-refractivity contribution in [3.05, 3.63) is 51.9 Å². The van der Waals surface area contributed by atoms with Crippen LogP contribution in [0.4, 0.5) is 13.2 Å². The number of likely N-dealkylation sites (tertiary alicyclic amines) is 1. The monoisotopic (exact) mass is 392 g/mol. The largest absolute Gasteiger partial charge is 0.507 e. The third-order valence-electron chi connectivity index (χ3n) is 5.72. The highest BCUT2D eigenvalue weighted by Gasteiger charge is 2.32. The zero-order chi connectivity index (χ0) is 20.1. The quantitative estimate of drug-likeness (QED) is 0.843. The first-order valence-corrected chi connectivity index (χ1v) is 9.59. The average molecular weight is 392 g/mol. The lowest BCUT2D eigenvalue weighted by Gasteiger charge is -2.31. The fourth-order valence-corrected chi connectivity index (χ4v) is 4.03. The van der Waals surface area contributed by atoms with E-state index in [1.165, 1.54) is 6.07 Å². The molecule has 4 nitrogen and oxygen atoms in total. The lowest BCUT2D eigenvalue weighted by atomic mass is 9.99. The molecule has 1 aromatic heterocycles. The SMILES string of the molecule is CN1CCCC(n2cc(C3CC3)cc(-c3ccc(C(F)(F)F)cc3O)c2=O)C1. The Hall–Kier alpha value is -2.28. The standard InChI is InChI=1S/C21H23F3N2O2/c1-25-8-2-3-16(12-25)26-11-14(13-4-5-13)9-18(20(26)28)17-7-6-15(10-19(17)27)21(22,23)24/h6-7,9-11,13,16,27H,2-5,8,12H2,1H3. The topological polar surface area (TPSA) is 45.5 Å². The summed E-state index contributed by atoms with van der Waals surface area (Å²) in [6.07, 6.45) is 1.33. The Morgan fingerprint density at radius 2 is 1.86 bits per heavy atom. The van der Waals surface area contributed by atoms with E-state index < -0.39 is 17.5 Å². The van der Waals surface area contributed by atoms with Gasteiger partial charge in [-0.1, -0.05) is 0 Å². The molecule has 1 atom stereocenters. The average Bonchev–Trinajstić information content (AvgIpc) is 3.46. The molecule has 1 unspecified atom stereocenters. The van der Waals surface area contributed by atoms with Crippen LogP contribution in [0.25, 0.3) is 11.1 Å². The molecule has 2 aromatic rings. The van der Waals surface area contributed by atoms with Crippen LogP contribution in [-0.2, 0) is 6.18 Å². The first kappa shape index (κ1) is 19.1. The number of hydrogen-bond donors (Lipinski definition) is 1. The number of aromatic hydroxyl groups is 1. The molecule has 1 aromatic carbocycles. The summed E-state index contributed by atoms with van der Waals surface area (Å²) >= 11 is 0. The Balaban J connectivity index is 1.82. The van der Waals surface area contributed by atoms with Crippen molar-refractivity contribution in [2.75, 3.05) is 20.1 Å². The van der Waals surface area contributed by atoms with Gasteiger partial charge < -0.3 is 14.6 Å². The minimum atomic E-state index is -4.54. The molecule has 1 N–H and O–H groups in total. The number of halogens is 3. The normalized spacial score (nSPS) is 21.1. The van der Waals surface area contributed by atoms with Crippen molar-refractivity contribution < 1.29 is 18.3 Å². The second-order valence-corrected chi connectivity index (χ2v) is 7.96. The fraction of sp³-hybridized carbons (Fsp3) is 0.476. The molecule has 1 saturated carbocycles. The molecular formula is C21H23F3N2O2. The highest BCUT2D eigenvalue weighted by atomic mass is 19.4. The highest BCUT2D eigenvalue weighted by molar-refractivity contribution is 5.70. The van der Waals surface area contributed by atoms with E-state index in [9.17, 15) is 23.1 Å². The summed E-state index contributed by atoms with van der Waals surface area (Å²) in [5.41, 5.74) is 0.241. The minimum absolute atomic E-state index is 0.0280. The summed E-state index contributed by atoms with van der Waals surface area (Å²) in [5, 5.41) is 10.3. The number of alkyl halides is 3. The summed E-state index contributed by atoms with van der Waals surface area (Å²) < 4.78 is 40.5. The number of phenolic OH excluding ortho intramolecular Hbond substituents is 1. The molecule has 150 valence electrons. The van der Waals surface area contributed by atoms with Gasteiger partial charge >= 0.3 is 6.18 Å². The molecular weight excluding hydrogens is 369 g/mol. The number of rotatable bonds is 3. The second-order valence-electron chi connectivity index (χ2n) is 7.96. The van der Waals surface area contributed by atoms with E-state index in [0.717, 1.165) is 50.4 Å². The van der Waals surface area contributed by atoms with Crippen molar-refractivity contribution in [1.29, 1.82) is 0 Å². The molecule has 0 radical (unpaired) electrons. The zero-order valence-corrected chi connectivity index (χ0v) is 15.7. The van der Waals surface area contributed by atoms with Gasteiger partial charge in [0.15, 0.2) is 0 Å². The number of aromatic nitrogens is 1. The predicted octanol–water partition coefficient (Wildman–Crippen LogP) is 4.38. The number of piperidine rings is 1. The lowest BCUT2D eigenvalue weighted by Crippen LogP contribution is -2.38. The molecule has 1 saturated heterocycles. The van der Waals surface area contributed by atoms with Crippen molar-refractivity contribution >= 4 is 0 Å². The van der Waals surface area contributed by atoms with Gasteiger partial charge in [0.2, 0.25) is 0 Å². The number of likely N-dealkylation sites (N-methyl/N-ethyl adjacent to an activating group) is 1. The van der Waals surface area contributed by atoms with Gasteiger partial charge in [0.05, 0.1) is 11.1 Å². The number of pyridine rings is 1. The smallest absolute Gasteiger partial charge is 0.416 e. The van der Waals surface area contributed by atoms with Crippen LogP contribution in [0.1, 0.15) is 48.8 Å². The molecule has 2 aliphatic rings. The fourth-order valence-electron chi connectivity index (χ4n) is 4.03. The summed E-state index contributed by atoms with van der Waals surface area (Å²) in [7, 11) is 2.02. The molecule has 0 amide bonds. The maximum Gasteiger partial charge on any atom is 0.416 e. The van der Waals surface area contributed by atoms with Gasteiger partial charge in [0.25, 0.3) is 5.56 Å². The van der Waals surface area contributed by atoms with Crippen LogP contribution in [0.2, 0.25) is 0 Å². The van der Waals surface area contributed by atoms with Crippen LogP contribution in [0.15, 0.2) is 35.3 Å². The lowest BCUT2D eigenvalue weighted by molar-refractivity contribution is -0.137. The maximum atomic E-state index is 13.2. The number of nitrogens with zero attached hydrogens (tertiary/aromatic N) is 2. The van der Waals surface area contributed by atoms with Gasteiger partial charge in [-0.15, -0.1) is 0 Å². The summed E-state index contributed by atoms with van der Waals surface area (Å²) in [6, 6.07) is 4.57. The molecule has 2 heterocycles. The first-order chi connectivity index (χ1) is 13.2. The number of phenols is 1. The molecule has 0 bridgehead atoms. The third kappa shape index (κ3) is 3.68. The summed E-state index contributed by atoms with van der Waals surface area (Å²) in [4.78, 5) is 15.4. The van der Waals surface area contributed by atoms with Crippen molar-refractivity contribution in [1.82, 2.24) is 9.47 Å². The van der Waals surface area contributed by atoms with Crippen LogP contribution in [0.3, 0.4) is 0 Å². The molecule has 28 heavy (non-hydrogen) atoms. The Labute approximate surface area is 161 Å². The third-order valence-corrected chi connectivity index (χ3v) is 5.72. The molecule has 2 fully saturated rings. The van der Waals surface area contributed by atoms with E-state index in [1.54, 1.807) is 10.6 Å². The van der Waals surface area contributed by atoms with Gasteiger partial charge in [-0.3, -0.25) is 4.79 Å². The van der Waals surface area contributed by atoms with E-state index in [4.69, 9.17) is 0 Å². The Morgan fingerprint density at radius 1 is 1.11 bits per heavy atom. The van der Waals surface area contributed by atoms with Crippen LogP contribution in [0.5, 0.6) is 5.75 Å². The van der Waals surface area contributed by atoms with Crippen molar-refractivity contribution in [2.24, 2.45) is 0 Å². The first-order valence-electron chi connectivity index (χ1n) is 9.59. The molecule has 7 heteroatoms. The Morgan fingerprint density at radius 3 is 2.46 bits per heavy atom. The van der Waals surface area contributed by atoms with Crippen LogP contribution >= 0.6 is 0 Å². The van der Waals surface area contributed by atoms with Crippen LogP contribution < -0.4 is 5.56 Å². The number of benzene rings is 1. The Kier molecular flexibility index (Phi) is 4.73. The summed E-state index contributed by atoms with van der Waals surface area (Å²) in [6.45, 7) is 1.74. The molecule has 4 rings (SSSR count).